The van der Waals surface area contributed by atoms with Gasteiger partial charge >= 0.3 is 5.69 Å². The van der Waals surface area contributed by atoms with E-state index in [2.05, 4.69) is 15.3 Å². The lowest BCUT2D eigenvalue weighted by atomic mass is 9.90. The van der Waals surface area contributed by atoms with Crippen molar-refractivity contribution in [2.45, 2.75) is 37.8 Å². The highest BCUT2D eigenvalue weighted by atomic mass is 19.1. The van der Waals surface area contributed by atoms with Gasteiger partial charge in [0.25, 0.3) is 11.5 Å². The van der Waals surface area contributed by atoms with E-state index in [-0.39, 0.29) is 28.7 Å². The number of aromatic nitrogens is 5. The molecule has 1 saturated carbocycles. The third kappa shape index (κ3) is 4.96. The van der Waals surface area contributed by atoms with Gasteiger partial charge in [0, 0.05) is 24.5 Å². The molecule has 9 nitrogen and oxygen atoms in total. The first-order valence-electron chi connectivity index (χ1n) is 14.3. The molecule has 0 saturated heterocycles. The fourth-order valence-electron chi connectivity index (χ4n) is 6.00. The van der Waals surface area contributed by atoms with Crippen LogP contribution in [0.15, 0.2) is 101 Å². The lowest BCUT2D eigenvalue weighted by Gasteiger charge is -2.30. The summed E-state index contributed by atoms with van der Waals surface area (Å²) in [4.78, 5) is 49.1. The molecule has 1 fully saturated rings. The minimum absolute atomic E-state index is 0.00780. The summed E-state index contributed by atoms with van der Waals surface area (Å²) in [6.45, 7) is 0. The highest BCUT2D eigenvalue weighted by molar-refractivity contribution is 5.93. The molecule has 11 heteroatoms. The van der Waals surface area contributed by atoms with Crippen LogP contribution in [0.5, 0.6) is 0 Å². The van der Waals surface area contributed by atoms with Crippen molar-refractivity contribution in [1.29, 1.82) is 0 Å². The molecule has 2 aromatic carbocycles. The van der Waals surface area contributed by atoms with E-state index in [0.29, 0.717) is 37.0 Å². The van der Waals surface area contributed by atoms with E-state index >= 15 is 0 Å². The summed E-state index contributed by atoms with van der Waals surface area (Å²) in [5.41, 5.74) is 1.86. The Morgan fingerprint density at radius 3 is 2.41 bits per heavy atom. The third-order valence-corrected chi connectivity index (χ3v) is 8.15. The first kappa shape index (κ1) is 27.4. The van der Waals surface area contributed by atoms with Gasteiger partial charge in [-0.25, -0.2) is 28.1 Å². The Kier molecular flexibility index (Phi) is 6.84. The van der Waals surface area contributed by atoms with Gasteiger partial charge in [-0.3, -0.25) is 14.2 Å². The largest absolute Gasteiger partial charge is 0.348 e. The van der Waals surface area contributed by atoms with Crippen LogP contribution in [0.3, 0.4) is 0 Å². The maximum atomic E-state index is 14.3. The summed E-state index contributed by atoms with van der Waals surface area (Å²) in [5.74, 6) is -1.50. The molecule has 1 aliphatic rings. The molecule has 0 unspecified atom stereocenters. The van der Waals surface area contributed by atoms with Crippen LogP contribution < -0.4 is 16.6 Å². The van der Waals surface area contributed by atoms with Gasteiger partial charge in [-0.05, 0) is 67.1 Å². The van der Waals surface area contributed by atoms with Gasteiger partial charge < -0.3 is 9.72 Å². The third-order valence-electron chi connectivity index (χ3n) is 8.15. The number of rotatable bonds is 5. The summed E-state index contributed by atoms with van der Waals surface area (Å²) >= 11 is 0. The summed E-state index contributed by atoms with van der Waals surface area (Å²) in [6, 6.07) is 20.2. The molecular formula is C33H26F2N6O3. The number of fused-ring (bicyclic) bond motifs is 2. The Morgan fingerprint density at radius 1 is 0.841 bits per heavy atom. The average Bonchev–Trinajstić information content (AvgIpc) is 3.46. The van der Waals surface area contributed by atoms with Crippen molar-refractivity contribution < 1.29 is 13.6 Å². The Bertz CT molecular complexity index is 2160. The normalized spacial score (nSPS) is 16.8. The zero-order chi connectivity index (χ0) is 30.4. The molecule has 1 amide bonds. The second kappa shape index (κ2) is 11.0. The van der Waals surface area contributed by atoms with Crippen molar-refractivity contribution in [3.05, 3.63) is 130 Å². The van der Waals surface area contributed by atoms with Crippen molar-refractivity contribution in [3.8, 4) is 16.8 Å². The molecule has 4 aromatic heterocycles. The van der Waals surface area contributed by atoms with E-state index in [4.69, 9.17) is 0 Å². The Labute approximate surface area is 249 Å². The fraction of sp³-hybridized carbons (Fsp3) is 0.182. The number of imidazole rings is 1. The predicted molar refractivity (Wildman–Crippen MR) is 161 cm³/mol. The van der Waals surface area contributed by atoms with Crippen molar-refractivity contribution >= 4 is 22.6 Å². The summed E-state index contributed by atoms with van der Waals surface area (Å²) in [5, 5.41) is 2.98. The SMILES string of the molecule is O=C(N[C@H]1CC[C@@H](n2c(=O)c3cc(F)cnc3n(-c3cccc(-c4ccccc4)c3)c2=O)CC1)c1cn2cc(F)ccc2n1. The van der Waals surface area contributed by atoms with Gasteiger partial charge in [-0.1, -0.05) is 42.5 Å². The highest BCUT2D eigenvalue weighted by Gasteiger charge is 2.28. The summed E-state index contributed by atoms with van der Waals surface area (Å²) < 4.78 is 31.9. The molecule has 1 aliphatic carbocycles. The van der Waals surface area contributed by atoms with Crippen LogP contribution in [-0.2, 0) is 0 Å². The van der Waals surface area contributed by atoms with E-state index in [9.17, 15) is 23.2 Å². The summed E-state index contributed by atoms with van der Waals surface area (Å²) in [6.07, 6.45) is 5.61. The van der Waals surface area contributed by atoms with Crippen LogP contribution in [0.1, 0.15) is 42.2 Å². The lowest BCUT2D eigenvalue weighted by molar-refractivity contribution is 0.0917. The van der Waals surface area contributed by atoms with Crippen LogP contribution >= 0.6 is 0 Å². The van der Waals surface area contributed by atoms with Crippen LogP contribution in [0.4, 0.5) is 8.78 Å². The summed E-state index contributed by atoms with van der Waals surface area (Å²) in [7, 11) is 0. The number of nitrogens with one attached hydrogen (secondary N) is 1. The number of carbonyl (C=O) groups excluding carboxylic acids is 1. The number of benzene rings is 2. The van der Waals surface area contributed by atoms with E-state index in [0.717, 1.165) is 23.4 Å². The lowest BCUT2D eigenvalue weighted by Crippen LogP contribution is -2.45. The molecule has 0 atom stereocenters. The van der Waals surface area contributed by atoms with E-state index in [1.165, 1.54) is 38.1 Å². The van der Waals surface area contributed by atoms with Gasteiger partial charge in [-0.2, -0.15) is 0 Å². The van der Waals surface area contributed by atoms with Crippen LogP contribution in [0.2, 0.25) is 0 Å². The molecule has 220 valence electrons. The quantitative estimate of drug-likeness (QED) is 0.302. The van der Waals surface area contributed by atoms with Crippen LogP contribution in [-0.4, -0.2) is 35.5 Å². The molecule has 0 spiro atoms. The smallest absolute Gasteiger partial charge is 0.337 e. The van der Waals surface area contributed by atoms with Crippen molar-refractivity contribution in [2.75, 3.05) is 0 Å². The molecule has 0 bridgehead atoms. The van der Waals surface area contributed by atoms with Crippen LogP contribution in [0.25, 0.3) is 33.5 Å². The predicted octanol–water partition coefficient (Wildman–Crippen LogP) is 5.05. The number of halogens is 2. The van der Waals surface area contributed by atoms with E-state index in [1.54, 1.807) is 6.07 Å². The van der Waals surface area contributed by atoms with Gasteiger partial charge in [0.1, 0.15) is 23.0 Å². The maximum absolute atomic E-state index is 14.3. The molecule has 0 radical (unpaired) electrons. The average molecular weight is 593 g/mol. The second-order valence-corrected chi connectivity index (χ2v) is 11.0. The van der Waals surface area contributed by atoms with Gasteiger partial charge in [0.05, 0.1) is 17.3 Å². The molecule has 1 N–H and O–H groups in total. The Hall–Kier alpha value is -5.45. The molecule has 0 aliphatic heterocycles. The molecule has 7 rings (SSSR count). The molecular weight excluding hydrogens is 566 g/mol. The number of carbonyl (C=O) groups is 1. The monoisotopic (exact) mass is 592 g/mol. The maximum Gasteiger partial charge on any atom is 0.337 e. The first-order chi connectivity index (χ1) is 21.4. The van der Waals surface area contributed by atoms with Crippen molar-refractivity contribution in [2.24, 2.45) is 0 Å². The first-order valence-corrected chi connectivity index (χ1v) is 14.3. The van der Waals surface area contributed by atoms with Gasteiger partial charge in [-0.15, -0.1) is 0 Å². The Morgan fingerprint density at radius 2 is 1.61 bits per heavy atom. The topological polar surface area (TPSA) is 103 Å². The molecule has 4 heterocycles. The minimum Gasteiger partial charge on any atom is -0.348 e. The number of hydrogen-bond acceptors (Lipinski definition) is 5. The standard InChI is InChI=1S/C33H26F2N6O3/c34-22-9-14-29-38-28(19-39(29)18-22)31(42)37-24-10-12-25(13-11-24)41-32(43)27-16-23(35)17-36-30(27)40(33(41)44)26-8-4-7-21(15-26)20-5-2-1-3-6-20/h1-9,14-19,24-25H,10-13H2,(H,37,42)/t24-,25+. The highest BCUT2D eigenvalue weighted by Crippen LogP contribution is 2.28. The zero-order valence-electron chi connectivity index (χ0n) is 23.4. The minimum atomic E-state index is -0.675. The van der Waals surface area contributed by atoms with Crippen molar-refractivity contribution in [1.82, 2.24) is 28.8 Å². The molecule has 6 aromatic rings. The van der Waals surface area contributed by atoms with E-state index in [1.807, 2.05) is 48.5 Å². The molecule has 44 heavy (non-hydrogen) atoms. The second-order valence-electron chi connectivity index (χ2n) is 11.0. The van der Waals surface area contributed by atoms with Crippen molar-refractivity contribution in [3.63, 3.8) is 0 Å². The number of hydrogen-bond donors (Lipinski definition) is 1. The van der Waals surface area contributed by atoms with Gasteiger partial charge in [0.2, 0.25) is 0 Å². The number of pyridine rings is 2. The fourth-order valence-corrected chi connectivity index (χ4v) is 6.00. The van der Waals surface area contributed by atoms with Crippen LogP contribution in [0, 0.1) is 11.6 Å². The Balaban J connectivity index is 1.19. The van der Waals surface area contributed by atoms with Gasteiger partial charge in [0.15, 0.2) is 5.65 Å². The zero-order valence-corrected chi connectivity index (χ0v) is 23.4. The van der Waals surface area contributed by atoms with E-state index < -0.39 is 28.9 Å². The number of amides is 1. The number of nitrogens with zero attached hydrogens (tertiary/aromatic N) is 5.